The van der Waals surface area contributed by atoms with E-state index in [2.05, 4.69) is 83.3 Å². The smallest absolute Gasteiger partial charge is 0.226 e. The van der Waals surface area contributed by atoms with E-state index in [1.165, 1.54) is 33.2 Å². The lowest BCUT2D eigenvalue weighted by molar-refractivity contribution is 0.107. The highest BCUT2D eigenvalue weighted by molar-refractivity contribution is 6.02. The van der Waals surface area contributed by atoms with Gasteiger partial charge in [0.15, 0.2) is 0 Å². The van der Waals surface area contributed by atoms with Gasteiger partial charge in [-0.1, -0.05) is 24.3 Å². The molecule has 0 aromatic heterocycles. The molecule has 1 spiro atoms. The molecule has 1 atom stereocenters. The molecular formula is C25H26N2O. The van der Waals surface area contributed by atoms with Gasteiger partial charge in [0.2, 0.25) is 5.72 Å². The van der Waals surface area contributed by atoms with Crippen molar-refractivity contribution in [1.29, 1.82) is 0 Å². The fourth-order valence-corrected chi connectivity index (χ4v) is 4.76. The number of nitrogens with zero attached hydrogens (tertiary/aromatic N) is 1. The molecule has 0 bridgehead atoms. The Morgan fingerprint density at radius 2 is 1.64 bits per heavy atom. The molecular weight excluding hydrogens is 344 g/mol. The molecule has 2 heterocycles. The summed E-state index contributed by atoms with van der Waals surface area (Å²) >= 11 is 0. The lowest BCUT2D eigenvalue weighted by atomic mass is 9.77. The van der Waals surface area contributed by atoms with Crippen molar-refractivity contribution in [2.45, 2.75) is 52.7 Å². The fraction of sp³-hybridized carbons (Fsp3) is 0.320. The van der Waals surface area contributed by atoms with Crippen LogP contribution in [0.3, 0.4) is 0 Å². The van der Waals surface area contributed by atoms with E-state index in [1.807, 2.05) is 6.21 Å². The third kappa shape index (κ3) is 2.07. The van der Waals surface area contributed by atoms with Crippen molar-refractivity contribution in [2.24, 2.45) is 4.99 Å². The zero-order valence-electron chi connectivity index (χ0n) is 17.4. The molecule has 3 heteroatoms. The number of ether oxygens (including phenoxy) is 1. The first kappa shape index (κ1) is 17.3. The van der Waals surface area contributed by atoms with Crippen LogP contribution in [0.2, 0.25) is 0 Å². The molecule has 3 nitrogen and oxygen atoms in total. The van der Waals surface area contributed by atoms with E-state index in [0.29, 0.717) is 0 Å². The van der Waals surface area contributed by atoms with E-state index < -0.39 is 5.72 Å². The molecule has 1 unspecified atom stereocenters. The van der Waals surface area contributed by atoms with Gasteiger partial charge in [-0.25, -0.2) is 0 Å². The summed E-state index contributed by atoms with van der Waals surface area (Å²) in [7, 11) is 0. The molecule has 0 saturated heterocycles. The summed E-state index contributed by atoms with van der Waals surface area (Å²) in [5, 5.41) is 6.08. The molecule has 3 aromatic rings. The summed E-state index contributed by atoms with van der Waals surface area (Å²) in [6.45, 7) is 13.1. The average molecular weight is 370 g/mol. The summed E-state index contributed by atoms with van der Waals surface area (Å²) in [4.78, 5) is 4.95. The van der Waals surface area contributed by atoms with E-state index in [9.17, 15) is 0 Å². The lowest BCUT2D eigenvalue weighted by Gasteiger charge is -2.41. The number of aliphatic imine (C=N–C) groups is 1. The molecule has 5 rings (SSSR count). The Bertz CT molecular complexity index is 1190. The topological polar surface area (TPSA) is 33.6 Å². The number of anilines is 1. The number of hydrogen-bond acceptors (Lipinski definition) is 3. The van der Waals surface area contributed by atoms with Crippen LogP contribution in [-0.2, 0) is 5.41 Å². The predicted molar refractivity (Wildman–Crippen MR) is 117 cm³/mol. The number of benzene rings is 3. The van der Waals surface area contributed by atoms with Gasteiger partial charge >= 0.3 is 0 Å². The molecule has 0 aliphatic carbocycles. The maximum atomic E-state index is 6.73. The summed E-state index contributed by atoms with van der Waals surface area (Å²) < 4.78 is 6.73. The first-order valence-corrected chi connectivity index (χ1v) is 9.90. The second kappa shape index (κ2) is 5.38. The van der Waals surface area contributed by atoms with Gasteiger partial charge < -0.3 is 10.1 Å². The quantitative estimate of drug-likeness (QED) is 0.506. The third-order valence-electron chi connectivity index (χ3n) is 6.71. The number of nitrogens with one attached hydrogen (secondary N) is 1. The standard InChI is InChI=1S/C25H26N2O/c1-14-8-7-9-18-22(14)17(4)12-21-23(18)26-13-25(28-21)24(5,6)19-10-15(2)16(3)11-20(19)27-25/h7-13,27H,1-6H3. The summed E-state index contributed by atoms with van der Waals surface area (Å²) in [5.74, 6) is 0.847. The highest BCUT2D eigenvalue weighted by atomic mass is 16.5. The van der Waals surface area contributed by atoms with Crippen LogP contribution in [0.25, 0.3) is 10.8 Å². The Balaban J connectivity index is 1.70. The van der Waals surface area contributed by atoms with Crippen LogP contribution in [0.1, 0.15) is 41.7 Å². The largest absolute Gasteiger partial charge is 0.460 e. The summed E-state index contributed by atoms with van der Waals surface area (Å²) in [6.07, 6.45) is 1.97. The van der Waals surface area contributed by atoms with E-state index >= 15 is 0 Å². The van der Waals surface area contributed by atoms with E-state index in [4.69, 9.17) is 9.73 Å². The van der Waals surface area contributed by atoms with Gasteiger partial charge in [-0.2, -0.15) is 0 Å². The zero-order chi connectivity index (χ0) is 19.8. The van der Waals surface area contributed by atoms with Crippen LogP contribution in [0.5, 0.6) is 5.75 Å². The molecule has 2 aliphatic rings. The van der Waals surface area contributed by atoms with Gasteiger partial charge in [-0.05, 0) is 86.9 Å². The van der Waals surface area contributed by atoms with Crippen molar-refractivity contribution in [1.82, 2.24) is 0 Å². The van der Waals surface area contributed by atoms with Crippen molar-refractivity contribution in [3.05, 3.63) is 64.2 Å². The van der Waals surface area contributed by atoms with Crippen LogP contribution in [0.15, 0.2) is 41.4 Å². The molecule has 0 saturated carbocycles. The molecule has 28 heavy (non-hydrogen) atoms. The Morgan fingerprint density at radius 1 is 0.893 bits per heavy atom. The second-order valence-electron chi connectivity index (χ2n) is 8.87. The van der Waals surface area contributed by atoms with Crippen LogP contribution in [0.4, 0.5) is 11.4 Å². The van der Waals surface area contributed by atoms with Crippen molar-refractivity contribution in [3.63, 3.8) is 0 Å². The van der Waals surface area contributed by atoms with Gasteiger partial charge in [-0.15, -0.1) is 0 Å². The highest BCUT2D eigenvalue weighted by Crippen LogP contribution is 2.52. The normalized spacial score (nSPS) is 21.4. The number of fused-ring (bicyclic) bond motifs is 4. The first-order chi connectivity index (χ1) is 13.2. The summed E-state index contributed by atoms with van der Waals surface area (Å²) in [5.41, 5.74) is 7.47. The molecule has 0 amide bonds. The van der Waals surface area contributed by atoms with Gasteiger partial charge in [0.05, 0.1) is 11.6 Å². The number of hydrogen-bond donors (Lipinski definition) is 1. The predicted octanol–water partition coefficient (Wildman–Crippen LogP) is 6.27. The summed E-state index contributed by atoms with van der Waals surface area (Å²) in [6, 6.07) is 13.0. The molecule has 3 aromatic carbocycles. The molecule has 142 valence electrons. The van der Waals surface area contributed by atoms with Gasteiger partial charge in [0.25, 0.3) is 0 Å². The fourth-order valence-electron chi connectivity index (χ4n) is 4.76. The van der Waals surface area contributed by atoms with Gasteiger partial charge in [-0.3, -0.25) is 4.99 Å². The van der Waals surface area contributed by atoms with Crippen LogP contribution in [0, 0.1) is 27.7 Å². The highest BCUT2D eigenvalue weighted by Gasteiger charge is 2.55. The third-order valence-corrected chi connectivity index (χ3v) is 6.71. The van der Waals surface area contributed by atoms with Crippen molar-refractivity contribution < 1.29 is 4.74 Å². The molecule has 1 N–H and O–H groups in total. The Hall–Kier alpha value is -2.81. The number of rotatable bonds is 0. The van der Waals surface area contributed by atoms with Crippen molar-refractivity contribution >= 4 is 28.4 Å². The second-order valence-corrected chi connectivity index (χ2v) is 8.87. The molecule has 0 radical (unpaired) electrons. The Kier molecular flexibility index (Phi) is 3.32. The van der Waals surface area contributed by atoms with E-state index in [-0.39, 0.29) is 5.41 Å². The maximum Gasteiger partial charge on any atom is 0.226 e. The van der Waals surface area contributed by atoms with Crippen LogP contribution < -0.4 is 10.1 Å². The minimum absolute atomic E-state index is 0.253. The Morgan fingerprint density at radius 3 is 2.43 bits per heavy atom. The minimum atomic E-state index is -0.688. The zero-order valence-corrected chi connectivity index (χ0v) is 17.4. The molecule has 2 aliphatic heterocycles. The van der Waals surface area contributed by atoms with Gasteiger partial charge in [0, 0.05) is 11.1 Å². The van der Waals surface area contributed by atoms with E-state index in [0.717, 1.165) is 22.5 Å². The maximum absolute atomic E-state index is 6.73. The van der Waals surface area contributed by atoms with Crippen LogP contribution >= 0.6 is 0 Å². The van der Waals surface area contributed by atoms with Crippen LogP contribution in [-0.4, -0.2) is 11.9 Å². The van der Waals surface area contributed by atoms with E-state index in [1.54, 1.807) is 0 Å². The van der Waals surface area contributed by atoms with Crippen molar-refractivity contribution in [2.75, 3.05) is 5.32 Å². The van der Waals surface area contributed by atoms with Gasteiger partial charge in [0.1, 0.15) is 11.4 Å². The minimum Gasteiger partial charge on any atom is -0.460 e. The molecule has 0 fully saturated rings. The number of aryl methyl sites for hydroxylation is 4. The monoisotopic (exact) mass is 370 g/mol. The SMILES string of the molecule is Cc1cc2c(cc1C)C(C)(C)C1(C=Nc3c(cc(C)c4c(C)cccc34)O1)N2. The average Bonchev–Trinajstić information content (AvgIpc) is 2.82. The Labute approximate surface area is 166 Å². The van der Waals surface area contributed by atoms with Crippen molar-refractivity contribution in [3.8, 4) is 5.75 Å². The first-order valence-electron chi connectivity index (χ1n) is 9.90. The lowest BCUT2D eigenvalue weighted by Crippen LogP contribution is -2.56.